The Morgan fingerprint density at radius 1 is 1.43 bits per heavy atom. The van der Waals surface area contributed by atoms with Gasteiger partial charge in [0.1, 0.15) is 0 Å². The second-order valence-electron chi connectivity index (χ2n) is 6.23. The molecule has 5 nitrogen and oxygen atoms in total. The molecular weight excluding hydrogens is 266 g/mol. The van der Waals surface area contributed by atoms with Crippen molar-refractivity contribution in [1.82, 2.24) is 14.7 Å². The van der Waals surface area contributed by atoms with E-state index in [4.69, 9.17) is 4.74 Å². The van der Waals surface area contributed by atoms with E-state index < -0.39 is 0 Å². The van der Waals surface area contributed by atoms with Gasteiger partial charge in [0, 0.05) is 49.9 Å². The van der Waals surface area contributed by atoms with Crippen LogP contribution in [0.3, 0.4) is 0 Å². The van der Waals surface area contributed by atoms with Gasteiger partial charge >= 0.3 is 0 Å². The van der Waals surface area contributed by atoms with Crippen LogP contribution in [0.4, 0.5) is 0 Å². The first-order valence-electron chi connectivity index (χ1n) is 8.30. The molecule has 3 rings (SSSR count). The molecule has 3 unspecified atom stereocenters. The van der Waals surface area contributed by atoms with E-state index in [1.165, 1.54) is 5.69 Å². The number of aliphatic hydroxyl groups is 1. The van der Waals surface area contributed by atoms with E-state index in [0.717, 1.165) is 58.5 Å². The Kier molecular flexibility index (Phi) is 4.93. The zero-order valence-electron chi connectivity index (χ0n) is 12.9. The van der Waals surface area contributed by atoms with E-state index in [1.807, 2.05) is 6.20 Å². The third kappa shape index (κ3) is 3.30. The third-order valence-electron chi connectivity index (χ3n) is 5.07. The van der Waals surface area contributed by atoms with Gasteiger partial charge in [0.2, 0.25) is 0 Å². The Hall–Kier alpha value is -0.910. The fourth-order valence-electron chi connectivity index (χ4n) is 3.86. The summed E-state index contributed by atoms with van der Waals surface area (Å²) in [5.41, 5.74) is 1.30. The lowest BCUT2D eigenvalue weighted by molar-refractivity contribution is -0.0495. The summed E-state index contributed by atoms with van der Waals surface area (Å²) in [7, 11) is 0. The standard InChI is InChI=1S/C16H27N3O2/c1-2-19-13(6-8-17-19)7-9-18-10-11-21-12-15(18)14-4-3-5-16(14)20/h6,8,14-16,20H,2-5,7,9-12H2,1H3. The molecule has 0 bridgehead atoms. The number of rotatable bonds is 5. The van der Waals surface area contributed by atoms with Gasteiger partial charge in [0.25, 0.3) is 0 Å². The molecule has 21 heavy (non-hydrogen) atoms. The second-order valence-corrected chi connectivity index (χ2v) is 6.23. The lowest BCUT2D eigenvalue weighted by Crippen LogP contribution is -2.51. The van der Waals surface area contributed by atoms with Crippen molar-refractivity contribution < 1.29 is 9.84 Å². The SMILES string of the molecule is CCn1nccc1CCN1CCOCC1C1CCCC1O. The van der Waals surface area contributed by atoms with Crippen molar-refractivity contribution in [2.45, 2.75) is 51.3 Å². The predicted octanol–water partition coefficient (Wildman–Crippen LogP) is 1.31. The molecule has 0 amide bonds. The number of hydrogen-bond donors (Lipinski definition) is 1. The summed E-state index contributed by atoms with van der Waals surface area (Å²) >= 11 is 0. The van der Waals surface area contributed by atoms with Gasteiger partial charge in [-0.2, -0.15) is 5.10 Å². The number of ether oxygens (including phenoxy) is 1. The number of morpholine rings is 1. The third-order valence-corrected chi connectivity index (χ3v) is 5.07. The molecule has 0 spiro atoms. The smallest absolute Gasteiger partial charge is 0.0626 e. The topological polar surface area (TPSA) is 50.5 Å². The van der Waals surface area contributed by atoms with Gasteiger partial charge in [-0.05, 0) is 25.8 Å². The number of aliphatic hydroxyl groups excluding tert-OH is 1. The molecule has 1 aliphatic carbocycles. The monoisotopic (exact) mass is 293 g/mol. The van der Waals surface area contributed by atoms with Crippen LogP contribution in [-0.2, 0) is 17.7 Å². The lowest BCUT2D eigenvalue weighted by atomic mass is 9.94. The fraction of sp³-hybridized carbons (Fsp3) is 0.812. The van der Waals surface area contributed by atoms with E-state index in [2.05, 4.69) is 27.7 Å². The molecule has 118 valence electrons. The van der Waals surface area contributed by atoms with Gasteiger partial charge < -0.3 is 9.84 Å². The van der Waals surface area contributed by atoms with Crippen LogP contribution in [-0.4, -0.2) is 58.2 Å². The highest BCUT2D eigenvalue weighted by Crippen LogP contribution is 2.32. The first-order chi connectivity index (χ1) is 10.3. The van der Waals surface area contributed by atoms with Gasteiger partial charge in [0.15, 0.2) is 0 Å². The number of hydrogen-bond acceptors (Lipinski definition) is 4. The molecule has 2 fully saturated rings. The van der Waals surface area contributed by atoms with E-state index in [1.54, 1.807) is 0 Å². The van der Waals surface area contributed by atoms with Gasteiger partial charge in [0.05, 0.1) is 19.3 Å². The van der Waals surface area contributed by atoms with Gasteiger partial charge in [-0.15, -0.1) is 0 Å². The molecule has 2 heterocycles. The molecule has 1 aromatic heterocycles. The Labute approximate surface area is 126 Å². The summed E-state index contributed by atoms with van der Waals surface area (Å²) in [5, 5.41) is 14.5. The van der Waals surface area contributed by atoms with E-state index in [0.29, 0.717) is 12.0 Å². The van der Waals surface area contributed by atoms with Crippen molar-refractivity contribution in [3.8, 4) is 0 Å². The van der Waals surface area contributed by atoms with E-state index >= 15 is 0 Å². The minimum absolute atomic E-state index is 0.139. The van der Waals surface area contributed by atoms with Crippen molar-refractivity contribution in [3.05, 3.63) is 18.0 Å². The first kappa shape index (κ1) is 15.0. The van der Waals surface area contributed by atoms with Crippen LogP contribution in [0.5, 0.6) is 0 Å². The molecular formula is C16H27N3O2. The summed E-state index contributed by atoms with van der Waals surface area (Å²) in [4.78, 5) is 2.52. The lowest BCUT2D eigenvalue weighted by Gasteiger charge is -2.40. The highest BCUT2D eigenvalue weighted by atomic mass is 16.5. The number of nitrogens with zero attached hydrogens (tertiary/aromatic N) is 3. The average molecular weight is 293 g/mol. The van der Waals surface area contributed by atoms with E-state index in [-0.39, 0.29) is 6.10 Å². The molecule has 1 aliphatic heterocycles. The number of aromatic nitrogens is 2. The van der Waals surface area contributed by atoms with Gasteiger partial charge in [-0.3, -0.25) is 9.58 Å². The van der Waals surface area contributed by atoms with Crippen LogP contribution in [0, 0.1) is 5.92 Å². The van der Waals surface area contributed by atoms with Crippen molar-refractivity contribution in [3.63, 3.8) is 0 Å². The normalized spacial score (nSPS) is 30.9. The highest BCUT2D eigenvalue weighted by Gasteiger charge is 2.37. The summed E-state index contributed by atoms with van der Waals surface area (Å²) in [6, 6.07) is 2.50. The Morgan fingerprint density at radius 2 is 2.33 bits per heavy atom. The van der Waals surface area contributed by atoms with Crippen molar-refractivity contribution in [2.24, 2.45) is 5.92 Å². The van der Waals surface area contributed by atoms with Crippen LogP contribution in [0.1, 0.15) is 31.9 Å². The molecule has 1 saturated carbocycles. The molecule has 1 saturated heterocycles. The van der Waals surface area contributed by atoms with Crippen LogP contribution in [0.25, 0.3) is 0 Å². The maximum Gasteiger partial charge on any atom is 0.0626 e. The van der Waals surface area contributed by atoms with Gasteiger partial charge in [-0.1, -0.05) is 6.42 Å². The molecule has 0 radical (unpaired) electrons. The average Bonchev–Trinajstić information content (AvgIpc) is 3.13. The maximum absolute atomic E-state index is 10.2. The molecule has 2 aliphatic rings. The predicted molar refractivity (Wildman–Crippen MR) is 81.1 cm³/mol. The molecule has 5 heteroatoms. The Bertz CT molecular complexity index is 448. The summed E-state index contributed by atoms with van der Waals surface area (Å²) in [6.45, 7) is 6.65. The maximum atomic E-state index is 10.2. The molecule has 1 aromatic rings. The Balaban J connectivity index is 1.62. The molecule has 3 atom stereocenters. The zero-order valence-corrected chi connectivity index (χ0v) is 12.9. The molecule has 0 aromatic carbocycles. The minimum Gasteiger partial charge on any atom is -0.393 e. The van der Waals surface area contributed by atoms with Crippen molar-refractivity contribution in [1.29, 1.82) is 0 Å². The highest BCUT2D eigenvalue weighted by molar-refractivity contribution is 5.01. The largest absolute Gasteiger partial charge is 0.393 e. The summed E-state index contributed by atoms with van der Waals surface area (Å²) < 4.78 is 7.75. The van der Waals surface area contributed by atoms with Crippen LogP contribution >= 0.6 is 0 Å². The van der Waals surface area contributed by atoms with Crippen LogP contribution in [0.15, 0.2) is 12.3 Å². The quantitative estimate of drug-likeness (QED) is 0.889. The first-order valence-corrected chi connectivity index (χ1v) is 8.30. The van der Waals surface area contributed by atoms with E-state index in [9.17, 15) is 5.11 Å². The molecule has 1 N–H and O–H groups in total. The van der Waals surface area contributed by atoms with Gasteiger partial charge in [-0.25, -0.2) is 0 Å². The van der Waals surface area contributed by atoms with Crippen molar-refractivity contribution >= 4 is 0 Å². The fourth-order valence-corrected chi connectivity index (χ4v) is 3.86. The second kappa shape index (κ2) is 6.90. The summed E-state index contributed by atoms with van der Waals surface area (Å²) in [6.07, 6.45) is 6.01. The number of aryl methyl sites for hydroxylation is 1. The Morgan fingerprint density at radius 3 is 3.10 bits per heavy atom. The minimum atomic E-state index is -0.139. The summed E-state index contributed by atoms with van der Waals surface area (Å²) in [5.74, 6) is 0.390. The van der Waals surface area contributed by atoms with Crippen LogP contribution < -0.4 is 0 Å². The van der Waals surface area contributed by atoms with Crippen molar-refractivity contribution in [2.75, 3.05) is 26.3 Å². The zero-order chi connectivity index (χ0) is 14.7. The van der Waals surface area contributed by atoms with Crippen LogP contribution in [0.2, 0.25) is 0 Å².